The molecule has 0 spiro atoms. The van der Waals surface area contributed by atoms with Gasteiger partial charge in [-0.15, -0.1) is 0 Å². The monoisotopic (exact) mass is 716 g/mol. The van der Waals surface area contributed by atoms with E-state index >= 15 is 0 Å². The van der Waals surface area contributed by atoms with Crippen molar-refractivity contribution >= 4 is 89.1 Å². The first-order valence-corrected chi connectivity index (χ1v) is 12.8. The highest BCUT2D eigenvalue weighted by molar-refractivity contribution is 14.1. The van der Waals surface area contributed by atoms with Gasteiger partial charge >= 0.3 is 5.91 Å². The lowest BCUT2D eigenvalue weighted by atomic mass is 10.2. The highest BCUT2D eigenvalue weighted by atomic mass is 127. The minimum atomic E-state index is -0.466. The van der Waals surface area contributed by atoms with Gasteiger partial charge in [-0.3, -0.25) is 4.79 Å². The molecule has 0 aliphatic heterocycles. The van der Waals surface area contributed by atoms with Gasteiger partial charge in [0.2, 0.25) is 0 Å². The highest BCUT2D eigenvalue weighted by Crippen LogP contribution is 2.36. The number of carbonyl (C=O) groups excluding carboxylic acids is 1. The van der Waals surface area contributed by atoms with Crippen LogP contribution in [0.4, 0.5) is 0 Å². The number of nitrogens with one attached hydrogen (secondary N) is 1. The third-order valence-corrected chi connectivity index (χ3v) is 6.76. The van der Waals surface area contributed by atoms with Crippen LogP contribution < -0.4 is 14.9 Å². The molecular formula is C24H16Br2ClIN2O4. The molecule has 3 aromatic carbocycles. The molecule has 0 fully saturated rings. The lowest BCUT2D eigenvalue weighted by Gasteiger charge is -2.13. The third kappa shape index (κ3) is 5.94. The summed E-state index contributed by atoms with van der Waals surface area (Å²) < 4.78 is 19.8. The summed E-state index contributed by atoms with van der Waals surface area (Å²) in [6.45, 7) is 0.333. The number of nitrogens with zero attached hydrogens (tertiary/aromatic N) is 1. The van der Waals surface area contributed by atoms with Crippen molar-refractivity contribution in [3.8, 4) is 11.5 Å². The fourth-order valence-corrected chi connectivity index (χ4v) is 5.30. The second kappa shape index (κ2) is 11.1. The van der Waals surface area contributed by atoms with Crippen LogP contribution in [-0.4, -0.2) is 19.2 Å². The van der Waals surface area contributed by atoms with Crippen molar-refractivity contribution in [3.63, 3.8) is 0 Å². The van der Waals surface area contributed by atoms with Crippen LogP contribution in [0.1, 0.15) is 21.7 Å². The van der Waals surface area contributed by atoms with E-state index < -0.39 is 5.91 Å². The molecule has 4 rings (SSSR count). The molecule has 0 unspecified atom stereocenters. The maximum absolute atomic E-state index is 12.5. The lowest BCUT2D eigenvalue weighted by Crippen LogP contribution is -2.16. The summed E-state index contributed by atoms with van der Waals surface area (Å²) in [7, 11) is 1.53. The number of carbonyl (C=O) groups is 1. The van der Waals surface area contributed by atoms with Crippen molar-refractivity contribution in [1.29, 1.82) is 0 Å². The Bertz CT molecular complexity index is 1390. The van der Waals surface area contributed by atoms with E-state index in [1.54, 1.807) is 18.2 Å². The Labute approximate surface area is 231 Å². The summed E-state index contributed by atoms with van der Waals surface area (Å²) >= 11 is 15.4. The van der Waals surface area contributed by atoms with Crippen molar-refractivity contribution in [2.45, 2.75) is 6.61 Å². The summed E-state index contributed by atoms with van der Waals surface area (Å²) in [6, 6.07) is 16.7. The first-order chi connectivity index (χ1) is 16.3. The average Bonchev–Trinajstić information content (AvgIpc) is 3.23. The molecule has 6 nitrogen and oxygen atoms in total. The number of rotatable bonds is 7. The number of benzene rings is 3. The molecule has 1 heterocycles. The second-order valence-electron chi connectivity index (χ2n) is 7.06. The predicted molar refractivity (Wildman–Crippen MR) is 148 cm³/mol. The van der Waals surface area contributed by atoms with Crippen molar-refractivity contribution in [1.82, 2.24) is 5.43 Å². The molecule has 1 aromatic heterocycles. The van der Waals surface area contributed by atoms with Crippen LogP contribution in [-0.2, 0) is 6.61 Å². The lowest BCUT2D eigenvalue weighted by molar-refractivity contribution is 0.0929. The van der Waals surface area contributed by atoms with Crippen LogP contribution in [0, 0.1) is 3.57 Å². The standard InChI is InChI=1S/C24H16Br2ClIN2O4/c1-32-20-7-14(6-18(27)23(20)33-12-13-2-4-16(25)5-3-13)11-29-30-24(31)21-9-15-8-17(26)10-19(28)22(15)34-21/h2-11H,12H2,1H3,(H,30,31)/b29-11-. The van der Waals surface area contributed by atoms with E-state index in [0.29, 0.717) is 34.3 Å². The normalized spacial score (nSPS) is 11.2. The average molecular weight is 719 g/mol. The molecular weight excluding hydrogens is 702 g/mol. The van der Waals surface area contributed by atoms with E-state index in [-0.39, 0.29) is 5.76 Å². The molecule has 0 saturated carbocycles. The third-order valence-electron chi connectivity index (χ3n) is 4.69. The molecule has 1 amide bonds. The van der Waals surface area contributed by atoms with Gasteiger partial charge in [-0.05, 0) is 76.2 Å². The van der Waals surface area contributed by atoms with Gasteiger partial charge in [-0.2, -0.15) is 5.10 Å². The Balaban J connectivity index is 1.45. The fourth-order valence-electron chi connectivity index (χ4n) is 3.10. The van der Waals surface area contributed by atoms with Crippen molar-refractivity contribution < 1.29 is 18.7 Å². The number of ether oxygens (including phenoxy) is 2. The molecule has 1 N–H and O–H groups in total. The minimum absolute atomic E-state index is 0.162. The molecule has 0 aliphatic carbocycles. The van der Waals surface area contributed by atoms with Crippen molar-refractivity contribution in [2.24, 2.45) is 5.10 Å². The first-order valence-electron chi connectivity index (χ1n) is 9.81. The summed E-state index contributed by atoms with van der Waals surface area (Å²) in [4.78, 5) is 12.5. The zero-order valence-corrected chi connectivity index (χ0v) is 23.7. The topological polar surface area (TPSA) is 73.1 Å². The van der Waals surface area contributed by atoms with Crippen LogP contribution in [0.25, 0.3) is 11.0 Å². The second-order valence-corrected chi connectivity index (χ2v) is 10.5. The maximum atomic E-state index is 12.5. The predicted octanol–water partition coefficient (Wildman–Crippen LogP) is 7.57. The van der Waals surface area contributed by atoms with E-state index in [0.717, 1.165) is 23.5 Å². The highest BCUT2D eigenvalue weighted by Gasteiger charge is 2.15. The number of amides is 1. The first kappa shape index (κ1) is 25.0. The fraction of sp³-hybridized carbons (Fsp3) is 0.0833. The van der Waals surface area contributed by atoms with E-state index in [1.165, 1.54) is 13.3 Å². The molecule has 4 aromatic rings. The Morgan fingerprint density at radius 3 is 2.65 bits per heavy atom. The molecule has 0 atom stereocenters. The molecule has 0 radical (unpaired) electrons. The van der Waals surface area contributed by atoms with E-state index in [1.807, 2.05) is 36.4 Å². The maximum Gasteiger partial charge on any atom is 0.307 e. The number of methoxy groups -OCH3 is 1. The van der Waals surface area contributed by atoms with Crippen LogP contribution >= 0.6 is 66.1 Å². The molecule has 34 heavy (non-hydrogen) atoms. The number of hydrogen-bond acceptors (Lipinski definition) is 5. The van der Waals surface area contributed by atoms with Gasteiger partial charge in [0.05, 0.1) is 21.9 Å². The quantitative estimate of drug-likeness (QED) is 0.122. The number of hydrazone groups is 1. The summed E-state index contributed by atoms with van der Waals surface area (Å²) in [5, 5.41) is 5.21. The zero-order chi connectivity index (χ0) is 24.2. The van der Waals surface area contributed by atoms with Gasteiger partial charge in [0, 0.05) is 14.3 Å². The van der Waals surface area contributed by atoms with E-state index in [4.69, 9.17) is 25.5 Å². The van der Waals surface area contributed by atoms with Crippen molar-refractivity contribution in [3.05, 3.63) is 89.0 Å². The molecule has 174 valence electrons. The molecule has 0 saturated heterocycles. The van der Waals surface area contributed by atoms with E-state index in [2.05, 4.69) is 65.0 Å². The summed E-state index contributed by atoms with van der Waals surface area (Å²) in [5.74, 6) is 0.577. The van der Waals surface area contributed by atoms with Gasteiger partial charge in [-0.1, -0.05) is 55.6 Å². The number of furan rings is 1. The van der Waals surface area contributed by atoms with Gasteiger partial charge in [-0.25, -0.2) is 5.43 Å². The van der Waals surface area contributed by atoms with Gasteiger partial charge in [0.15, 0.2) is 17.3 Å². The van der Waals surface area contributed by atoms with Gasteiger partial charge in [0.25, 0.3) is 0 Å². The van der Waals surface area contributed by atoms with Crippen LogP contribution in [0.15, 0.2) is 73.1 Å². The van der Waals surface area contributed by atoms with Crippen LogP contribution in [0.2, 0.25) is 5.02 Å². The number of hydrogen-bond donors (Lipinski definition) is 1. The smallest absolute Gasteiger partial charge is 0.307 e. The summed E-state index contributed by atoms with van der Waals surface area (Å²) in [5.41, 5.74) is 4.73. The Morgan fingerprint density at radius 2 is 1.91 bits per heavy atom. The largest absolute Gasteiger partial charge is 0.493 e. The van der Waals surface area contributed by atoms with Gasteiger partial charge in [0.1, 0.15) is 12.2 Å². The molecule has 0 aliphatic rings. The molecule has 10 heteroatoms. The Kier molecular flexibility index (Phi) is 8.18. The number of halogens is 4. The Morgan fingerprint density at radius 1 is 1.15 bits per heavy atom. The number of fused-ring (bicyclic) bond motifs is 1. The summed E-state index contributed by atoms with van der Waals surface area (Å²) in [6.07, 6.45) is 1.47. The zero-order valence-electron chi connectivity index (χ0n) is 17.6. The van der Waals surface area contributed by atoms with Gasteiger partial charge < -0.3 is 13.9 Å². The van der Waals surface area contributed by atoms with E-state index in [9.17, 15) is 4.79 Å². The van der Waals surface area contributed by atoms with Crippen LogP contribution in [0.3, 0.4) is 0 Å². The minimum Gasteiger partial charge on any atom is -0.493 e. The molecule has 0 bridgehead atoms. The Hall–Kier alpha value is -2.08. The SMILES string of the molecule is COc1cc(/C=N\NC(=O)c2cc3cc(Br)cc(I)c3o2)cc(Cl)c1OCc1ccc(Br)cc1. The van der Waals surface area contributed by atoms with Crippen molar-refractivity contribution in [2.75, 3.05) is 7.11 Å². The van der Waals surface area contributed by atoms with Crippen LogP contribution in [0.5, 0.6) is 11.5 Å².